The highest BCUT2D eigenvalue weighted by Crippen LogP contribution is 2.19. The number of piperazine rings is 1. The van der Waals surface area contributed by atoms with Crippen LogP contribution >= 0.6 is 0 Å². The molecule has 0 aromatic carbocycles. The van der Waals surface area contributed by atoms with Crippen LogP contribution in [-0.4, -0.2) is 119 Å². The van der Waals surface area contributed by atoms with Gasteiger partial charge in [-0.1, -0.05) is 0 Å². The summed E-state index contributed by atoms with van der Waals surface area (Å²) in [6.45, 7) is 4.18. The minimum absolute atomic E-state index is 0.0333. The zero-order valence-electron chi connectivity index (χ0n) is 17.8. The van der Waals surface area contributed by atoms with Crippen molar-refractivity contribution in [2.75, 3.05) is 53.4 Å². The second-order valence-corrected chi connectivity index (χ2v) is 7.90. The molecule has 164 valence electrons. The van der Waals surface area contributed by atoms with Crippen LogP contribution in [0.1, 0.15) is 17.5 Å². The number of rotatable bonds is 5. The summed E-state index contributed by atoms with van der Waals surface area (Å²) in [5.74, 6) is 0.596. The predicted molar refractivity (Wildman–Crippen MR) is 109 cm³/mol. The Morgan fingerprint density at radius 3 is 2.48 bits per heavy atom. The lowest BCUT2D eigenvalue weighted by Crippen LogP contribution is -2.62. The van der Waals surface area contributed by atoms with Crippen molar-refractivity contribution >= 4 is 35.3 Å². The zero-order valence-corrected chi connectivity index (χ0v) is 17.8. The molecule has 3 aliphatic rings. The molecule has 31 heavy (non-hydrogen) atoms. The number of Topliss-reactive ketones (excluding diaryl/α,β-unsaturated/α-hetero) is 1. The van der Waals surface area contributed by atoms with E-state index >= 15 is 0 Å². The molecule has 0 saturated carbocycles. The minimum atomic E-state index is -0.784. The molecule has 0 spiro atoms. The van der Waals surface area contributed by atoms with Gasteiger partial charge in [-0.05, 0) is 24.0 Å². The van der Waals surface area contributed by atoms with Crippen molar-refractivity contribution in [3.05, 3.63) is 24.2 Å². The van der Waals surface area contributed by atoms with E-state index in [0.717, 1.165) is 4.90 Å². The number of fused-ring (bicyclic) bond motifs is 1. The van der Waals surface area contributed by atoms with Gasteiger partial charge in [-0.15, -0.1) is 0 Å². The summed E-state index contributed by atoms with van der Waals surface area (Å²) in [6, 6.07) is 2.09. The molecule has 1 aromatic heterocycles. The smallest absolute Gasteiger partial charge is 0.333 e. The molecular formula is C20H25N6O5+. The number of hydrogen-bond donors (Lipinski definition) is 0. The molecule has 1 atom stereocenters. The van der Waals surface area contributed by atoms with Crippen molar-refractivity contribution in [1.29, 1.82) is 0 Å². The minimum Gasteiger partial charge on any atom is -0.459 e. The van der Waals surface area contributed by atoms with E-state index in [4.69, 9.17) is 4.42 Å². The number of carbonyl (C=O) groups is 4. The summed E-state index contributed by atoms with van der Waals surface area (Å²) in [5, 5.41) is 0. The van der Waals surface area contributed by atoms with Crippen LogP contribution in [0.5, 0.6) is 0 Å². The molecular weight excluding hydrogens is 404 g/mol. The van der Waals surface area contributed by atoms with E-state index < -0.39 is 18.0 Å². The average Bonchev–Trinajstić information content (AvgIpc) is 3.40. The fourth-order valence-corrected chi connectivity index (χ4v) is 4.06. The summed E-state index contributed by atoms with van der Waals surface area (Å²) < 4.78 is 6.87. The van der Waals surface area contributed by atoms with E-state index in [1.807, 2.05) is 0 Å². The number of imide groups is 1. The van der Waals surface area contributed by atoms with Crippen molar-refractivity contribution in [3.8, 4) is 0 Å². The lowest BCUT2D eigenvalue weighted by Gasteiger charge is -2.33. The Balaban J connectivity index is 1.50. The normalized spacial score (nSPS) is 22.2. The van der Waals surface area contributed by atoms with Crippen LogP contribution in [0, 0.1) is 0 Å². The molecule has 11 heteroatoms. The second kappa shape index (κ2) is 8.06. The Kier molecular flexibility index (Phi) is 5.44. The Morgan fingerprint density at radius 1 is 1.16 bits per heavy atom. The number of ketones is 1. The van der Waals surface area contributed by atoms with Crippen molar-refractivity contribution in [3.63, 3.8) is 0 Å². The Bertz CT molecular complexity index is 990. The molecule has 3 aliphatic heterocycles. The van der Waals surface area contributed by atoms with Crippen LogP contribution in [-0.2, 0) is 9.59 Å². The van der Waals surface area contributed by atoms with Crippen molar-refractivity contribution in [2.24, 2.45) is 4.99 Å². The van der Waals surface area contributed by atoms with Crippen LogP contribution in [0.25, 0.3) is 0 Å². The standard InChI is InChI=1S/C20H25N6O5/c1-13(27)11-26-15(21-17-16(26)19(29)23(3)20(30)22(17)2)12-24-6-8-25(9-7-24)18(28)14-5-4-10-31-14/h4-5,10,16H,6-9,11-12H2,1-3H3/q+1. The first kappa shape index (κ1) is 20.9. The fraction of sp³-hybridized carbons (Fsp3) is 0.500. The lowest BCUT2D eigenvalue weighted by atomic mass is 10.1. The summed E-state index contributed by atoms with van der Waals surface area (Å²) in [6.07, 6.45) is 1.48. The Hall–Kier alpha value is -3.34. The molecule has 0 bridgehead atoms. The van der Waals surface area contributed by atoms with Gasteiger partial charge in [0.05, 0.1) is 6.26 Å². The monoisotopic (exact) mass is 429 g/mol. The number of aliphatic imine (C=N–C) groups is 1. The summed E-state index contributed by atoms with van der Waals surface area (Å²) >= 11 is 0. The topological polar surface area (TPSA) is 110 Å². The van der Waals surface area contributed by atoms with Gasteiger partial charge in [0.25, 0.3) is 23.7 Å². The van der Waals surface area contributed by atoms with E-state index in [1.54, 1.807) is 28.7 Å². The third-order valence-electron chi connectivity index (χ3n) is 5.76. The van der Waals surface area contributed by atoms with Crippen LogP contribution in [0.15, 0.2) is 27.8 Å². The molecule has 2 saturated heterocycles. The summed E-state index contributed by atoms with van der Waals surface area (Å²) in [7, 11) is 3.00. The molecule has 2 fully saturated rings. The van der Waals surface area contributed by atoms with Gasteiger partial charge >= 0.3 is 11.9 Å². The maximum atomic E-state index is 12.8. The number of nitrogens with zero attached hydrogens (tertiary/aromatic N) is 6. The first-order valence-electron chi connectivity index (χ1n) is 10.1. The highest BCUT2D eigenvalue weighted by molar-refractivity contribution is 6.23. The number of likely N-dealkylation sites (N-methyl/N-ethyl adjacent to an activating group) is 2. The molecule has 0 N–H and O–H groups in total. The maximum Gasteiger partial charge on any atom is 0.333 e. The number of amides is 4. The third kappa shape index (κ3) is 3.76. The highest BCUT2D eigenvalue weighted by atomic mass is 16.3. The maximum absolute atomic E-state index is 12.8. The summed E-state index contributed by atoms with van der Waals surface area (Å²) in [5.41, 5.74) is 0. The van der Waals surface area contributed by atoms with Crippen LogP contribution in [0.2, 0.25) is 0 Å². The fourth-order valence-electron chi connectivity index (χ4n) is 4.06. The van der Waals surface area contributed by atoms with Gasteiger partial charge in [-0.3, -0.25) is 29.1 Å². The van der Waals surface area contributed by atoms with Crippen molar-refractivity contribution < 1.29 is 28.2 Å². The van der Waals surface area contributed by atoms with Crippen LogP contribution < -0.4 is 0 Å². The highest BCUT2D eigenvalue weighted by Gasteiger charge is 2.53. The van der Waals surface area contributed by atoms with Crippen LogP contribution in [0.3, 0.4) is 0 Å². The number of urea groups is 1. The van der Waals surface area contributed by atoms with E-state index in [9.17, 15) is 19.2 Å². The molecule has 1 unspecified atom stereocenters. The number of carbonyl (C=O) groups excluding carboxylic acids is 4. The van der Waals surface area contributed by atoms with Gasteiger partial charge in [-0.25, -0.2) is 9.37 Å². The van der Waals surface area contributed by atoms with E-state index in [-0.39, 0.29) is 18.2 Å². The Labute approximate surface area is 179 Å². The molecule has 11 nitrogen and oxygen atoms in total. The van der Waals surface area contributed by atoms with Gasteiger partial charge < -0.3 is 9.32 Å². The van der Waals surface area contributed by atoms with E-state index in [2.05, 4.69) is 9.89 Å². The number of furan rings is 1. The first-order chi connectivity index (χ1) is 14.8. The van der Waals surface area contributed by atoms with Crippen molar-refractivity contribution in [2.45, 2.75) is 13.0 Å². The molecule has 4 amide bonds. The first-order valence-corrected chi connectivity index (χ1v) is 10.1. The zero-order chi connectivity index (χ0) is 22.3. The molecule has 4 rings (SSSR count). The van der Waals surface area contributed by atoms with Gasteiger partial charge in [0.15, 0.2) is 11.5 Å². The number of amidine groups is 2. The van der Waals surface area contributed by atoms with E-state index in [1.165, 1.54) is 25.1 Å². The Morgan fingerprint density at radius 2 is 1.87 bits per heavy atom. The van der Waals surface area contributed by atoms with E-state index in [0.29, 0.717) is 50.2 Å². The molecule has 0 aliphatic carbocycles. The molecule has 1 aromatic rings. The summed E-state index contributed by atoms with van der Waals surface area (Å²) in [4.78, 5) is 60.3. The largest absolute Gasteiger partial charge is 0.459 e. The average molecular weight is 429 g/mol. The molecule has 4 heterocycles. The second-order valence-electron chi connectivity index (χ2n) is 7.90. The van der Waals surface area contributed by atoms with Gasteiger partial charge in [0.1, 0.15) is 13.1 Å². The molecule has 0 radical (unpaired) electrons. The lowest BCUT2D eigenvalue weighted by molar-refractivity contribution is -0.524. The predicted octanol–water partition coefficient (Wildman–Crippen LogP) is -0.658. The van der Waals surface area contributed by atoms with Crippen molar-refractivity contribution in [1.82, 2.24) is 19.6 Å². The van der Waals surface area contributed by atoms with Crippen LogP contribution in [0.4, 0.5) is 4.79 Å². The number of hydrogen-bond acceptors (Lipinski definition) is 7. The van der Waals surface area contributed by atoms with Gasteiger partial charge in [-0.2, -0.15) is 0 Å². The quantitative estimate of drug-likeness (QED) is 0.575. The SMILES string of the molecule is CC(=O)C[N+]1=C(CN2CCN(C(=O)c3ccco3)CC2)N=C2C1C(=O)N(C)C(=O)N2C. The third-order valence-corrected chi connectivity index (χ3v) is 5.76. The van der Waals surface area contributed by atoms with Gasteiger partial charge in [0, 0.05) is 40.3 Å². The van der Waals surface area contributed by atoms with Gasteiger partial charge in [0.2, 0.25) is 0 Å².